The Bertz CT molecular complexity index is 516. The van der Waals surface area contributed by atoms with Gasteiger partial charge >= 0.3 is 0 Å². The molecule has 1 amide bonds. The number of nitrogens with one attached hydrogen (secondary N) is 1. The fourth-order valence-electron chi connectivity index (χ4n) is 1.58. The van der Waals surface area contributed by atoms with Crippen LogP contribution in [0.15, 0.2) is 17.6 Å². The molecule has 5 nitrogen and oxygen atoms in total. The van der Waals surface area contributed by atoms with Crippen LogP contribution in [0, 0.1) is 0 Å². The van der Waals surface area contributed by atoms with Gasteiger partial charge in [0.1, 0.15) is 0 Å². The molecule has 2 heterocycles. The number of hydrogen-bond acceptors (Lipinski definition) is 4. The molecule has 0 aliphatic carbocycles. The van der Waals surface area contributed by atoms with Crippen molar-refractivity contribution in [3.63, 3.8) is 0 Å². The lowest BCUT2D eigenvalue weighted by Gasteiger charge is -2.02. The van der Waals surface area contributed by atoms with Crippen LogP contribution in [0.2, 0.25) is 0 Å². The summed E-state index contributed by atoms with van der Waals surface area (Å²) in [5.74, 6) is 0.122. The Morgan fingerprint density at radius 3 is 2.82 bits per heavy atom. The summed E-state index contributed by atoms with van der Waals surface area (Å²) >= 11 is 1.39. The van der Waals surface area contributed by atoms with Crippen LogP contribution in [-0.4, -0.2) is 20.7 Å². The second-order valence-electron chi connectivity index (χ2n) is 4.02. The Morgan fingerprint density at radius 1 is 1.53 bits per heavy atom. The van der Waals surface area contributed by atoms with Crippen LogP contribution < -0.4 is 5.32 Å². The molecule has 2 aromatic rings. The van der Waals surface area contributed by atoms with Gasteiger partial charge in [0.15, 0.2) is 10.8 Å². The smallest absolute Gasteiger partial charge is 0.277 e. The van der Waals surface area contributed by atoms with Crippen molar-refractivity contribution in [1.29, 1.82) is 0 Å². The number of amides is 1. The molecule has 0 bridgehead atoms. The molecule has 2 aromatic heterocycles. The highest BCUT2D eigenvalue weighted by atomic mass is 32.1. The largest absolute Gasteiger partial charge is 0.296 e. The second-order valence-corrected chi connectivity index (χ2v) is 4.92. The number of aromatic nitrogens is 3. The zero-order valence-corrected chi connectivity index (χ0v) is 10.8. The average molecular weight is 250 g/mol. The maximum atomic E-state index is 11.9. The molecule has 0 saturated carbocycles. The lowest BCUT2D eigenvalue weighted by atomic mass is 10.1. The highest BCUT2D eigenvalue weighted by Crippen LogP contribution is 2.16. The van der Waals surface area contributed by atoms with Gasteiger partial charge in [-0.25, -0.2) is 4.98 Å². The molecule has 90 valence electrons. The van der Waals surface area contributed by atoms with E-state index in [2.05, 4.69) is 29.2 Å². The zero-order chi connectivity index (χ0) is 12.4. The first-order valence-electron chi connectivity index (χ1n) is 5.32. The van der Waals surface area contributed by atoms with Crippen LogP contribution in [0.4, 0.5) is 5.13 Å². The van der Waals surface area contributed by atoms with Gasteiger partial charge < -0.3 is 0 Å². The van der Waals surface area contributed by atoms with Crippen molar-refractivity contribution >= 4 is 22.4 Å². The summed E-state index contributed by atoms with van der Waals surface area (Å²) < 4.78 is 1.74. The van der Waals surface area contributed by atoms with Crippen LogP contribution in [0.3, 0.4) is 0 Å². The van der Waals surface area contributed by atoms with Crippen LogP contribution in [-0.2, 0) is 7.05 Å². The number of rotatable bonds is 3. The fraction of sp³-hybridized carbons (Fsp3) is 0.364. The third-order valence-electron chi connectivity index (χ3n) is 2.39. The van der Waals surface area contributed by atoms with Crippen molar-refractivity contribution in [2.75, 3.05) is 5.32 Å². The summed E-state index contributed by atoms with van der Waals surface area (Å²) in [6.45, 7) is 4.14. The Morgan fingerprint density at radius 2 is 2.29 bits per heavy atom. The topological polar surface area (TPSA) is 59.8 Å². The first-order chi connectivity index (χ1) is 8.08. The number of thiazole rings is 1. The molecule has 17 heavy (non-hydrogen) atoms. The Hall–Kier alpha value is -1.69. The molecule has 0 spiro atoms. The van der Waals surface area contributed by atoms with Gasteiger partial charge in [-0.1, -0.05) is 13.8 Å². The number of carbonyl (C=O) groups excluding carboxylic acids is 1. The van der Waals surface area contributed by atoms with E-state index in [1.54, 1.807) is 10.9 Å². The molecule has 0 fully saturated rings. The van der Waals surface area contributed by atoms with Crippen molar-refractivity contribution in [2.24, 2.45) is 7.05 Å². The molecule has 0 aliphatic heterocycles. The van der Waals surface area contributed by atoms with Crippen molar-refractivity contribution in [1.82, 2.24) is 14.8 Å². The molecule has 6 heteroatoms. The standard InChI is InChI=1S/C11H14N4OS/c1-7(2)9-6-8(14-15(9)3)10(16)13-11-12-4-5-17-11/h4-7H,1-3H3,(H,12,13,16). The molecular formula is C11H14N4OS. The van der Waals surface area contributed by atoms with Crippen molar-refractivity contribution in [3.8, 4) is 0 Å². The summed E-state index contributed by atoms with van der Waals surface area (Å²) in [7, 11) is 1.84. The number of nitrogens with zero attached hydrogens (tertiary/aromatic N) is 3. The molecule has 0 saturated heterocycles. The Balaban J connectivity index is 2.17. The molecule has 0 atom stereocenters. The second kappa shape index (κ2) is 4.67. The van der Waals surface area contributed by atoms with Crippen molar-refractivity contribution < 1.29 is 4.79 Å². The molecule has 0 aromatic carbocycles. The minimum Gasteiger partial charge on any atom is -0.296 e. The molecular weight excluding hydrogens is 236 g/mol. The number of aryl methyl sites for hydroxylation is 1. The summed E-state index contributed by atoms with van der Waals surface area (Å²) in [5.41, 5.74) is 1.46. The first-order valence-corrected chi connectivity index (χ1v) is 6.20. The highest BCUT2D eigenvalue weighted by molar-refractivity contribution is 7.13. The zero-order valence-electron chi connectivity index (χ0n) is 9.97. The van der Waals surface area contributed by atoms with Crippen LogP contribution >= 0.6 is 11.3 Å². The van der Waals surface area contributed by atoms with E-state index in [1.165, 1.54) is 11.3 Å². The quantitative estimate of drug-likeness (QED) is 0.909. The van der Waals surface area contributed by atoms with Crippen LogP contribution in [0.5, 0.6) is 0 Å². The maximum absolute atomic E-state index is 11.9. The van der Waals surface area contributed by atoms with Crippen molar-refractivity contribution in [2.45, 2.75) is 19.8 Å². The third-order valence-corrected chi connectivity index (χ3v) is 3.08. The Labute approximate surface area is 103 Å². The van der Waals surface area contributed by atoms with Gasteiger partial charge in [0, 0.05) is 24.3 Å². The van der Waals surface area contributed by atoms with Gasteiger partial charge in [0.2, 0.25) is 0 Å². The van der Waals surface area contributed by atoms with Gasteiger partial charge in [-0.05, 0) is 12.0 Å². The van der Waals surface area contributed by atoms with Crippen LogP contribution in [0.25, 0.3) is 0 Å². The lowest BCUT2D eigenvalue weighted by molar-refractivity contribution is 0.102. The SMILES string of the molecule is CC(C)c1cc(C(=O)Nc2nccs2)nn1C. The number of anilines is 1. The number of carbonyl (C=O) groups is 1. The van der Waals surface area contributed by atoms with Gasteiger partial charge in [-0.2, -0.15) is 5.10 Å². The monoisotopic (exact) mass is 250 g/mol. The molecule has 2 rings (SSSR count). The number of hydrogen-bond donors (Lipinski definition) is 1. The normalized spacial score (nSPS) is 10.8. The Kier molecular flexibility index (Phi) is 3.23. The van der Waals surface area contributed by atoms with Gasteiger partial charge in [0.25, 0.3) is 5.91 Å². The lowest BCUT2D eigenvalue weighted by Crippen LogP contribution is -2.12. The fourth-order valence-corrected chi connectivity index (χ4v) is 2.10. The van der Waals surface area contributed by atoms with E-state index in [0.29, 0.717) is 16.7 Å². The molecule has 0 aliphatic rings. The third kappa shape index (κ3) is 2.52. The van der Waals surface area contributed by atoms with E-state index in [9.17, 15) is 4.79 Å². The highest BCUT2D eigenvalue weighted by Gasteiger charge is 2.15. The maximum Gasteiger partial charge on any atom is 0.277 e. The van der Waals surface area contributed by atoms with E-state index in [0.717, 1.165) is 5.69 Å². The van der Waals surface area contributed by atoms with E-state index < -0.39 is 0 Å². The van der Waals surface area contributed by atoms with E-state index >= 15 is 0 Å². The van der Waals surface area contributed by atoms with Crippen molar-refractivity contribution in [3.05, 3.63) is 29.0 Å². The van der Waals surface area contributed by atoms with Crippen LogP contribution in [0.1, 0.15) is 35.9 Å². The van der Waals surface area contributed by atoms with E-state index in [1.807, 2.05) is 18.5 Å². The predicted molar refractivity (Wildman–Crippen MR) is 67.4 cm³/mol. The van der Waals surface area contributed by atoms with Gasteiger partial charge in [0.05, 0.1) is 0 Å². The molecule has 1 N–H and O–H groups in total. The molecule has 0 radical (unpaired) electrons. The average Bonchev–Trinajstić information content (AvgIpc) is 2.86. The summed E-state index contributed by atoms with van der Waals surface area (Å²) in [4.78, 5) is 15.9. The van der Waals surface area contributed by atoms with E-state index in [-0.39, 0.29) is 5.91 Å². The summed E-state index contributed by atoms with van der Waals surface area (Å²) in [6.07, 6.45) is 1.65. The molecule has 0 unspecified atom stereocenters. The van der Waals surface area contributed by atoms with E-state index in [4.69, 9.17) is 0 Å². The minimum atomic E-state index is -0.220. The first kappa shape index (κ1) is 11.8. The minimum absolute atomic E-state index is 0.220. The van der Waals surface area contributed by atoms with Gasteiger partial charge in [-0.3, -0.25) is 14.8 Å². The van der Waals surface area contributed by atoms with Gasteiger partial charge in [-0.15, -0.1) is 11.3 Å². The summed E-state index contributed by atoms with van der Waals surface area (Å²) in [5, 5.41) is 9.31. The summed E-state index contributed by atoms with van der Waals surface area (Å²) in [6, 6.07) is 1.81. The predicted octanol–water partition coefficient (Wildman–Crippen LogP) is 2.25.